The molecular weight excluding hydrogens is 576 g/mol. The number of ether oxygens (including phenoxy) is 1. The molecule has 0 aliphatic carbocycles. The summed E-state index contributed by atoms with van der Waals surface area (Å²) in [6.45, 7) is 12.0. The van der Waals surface area contributed by atoms with Crippen LogP contribution in [0, 0.1) is 20.8 Å². The molecule has 2 fully saturated rings. The molecule has 0 spiro atoms. The molecule has 2 atom stereocenters. The average molecular weight is 613 g/mol. The van der Waals surface area contributed by atoms with Crippen LogP contribution >= 0.6 is 0 Å². The number of morpholine rings is 1. The third kappa shape index (κ3) is 4.86. The van der Waals surface area contributed by atoms with Crippen molar-refractivity contribution in [1.29, 1.82) is 0 Å². The standard InChI is InChI=1S/C32H36N8O3S/c1-20-5-7-25(8-6-20)44(41,42)39-14-11-27-26(10-13-34-32(27)39)31-35-28(17-29(36-31)38-15-16-43-19-21(38)2)30-22(3)37-40(23(30)4)24-9-12-33-18-24/h5-8,10-11,13-14,17,21,24,33H,9,12,15-16,18-19H2,1-4H3/t21-,24?/m1/s1. The predicted octanol–water partition coefficient (Wildman–Crippen LogP) is 4.28. The SMILES string of the molecule is Cc1ccc(S(=O)(=O)n2ccc3c(-c4nc(-c5c(C)nn(C6CCNC6)c5C)cc(N5CCOC[C@H]5C)n4)ccnc32)cc1. The van der Waals surface area contributed by atoms with Crippen molar-refractivity contribution < 1.29 is 13.2 Å². The van der Waals surface area contributed by atoms with Gasteiger partial charge < -0.3 is 15.0 Å². The summed E-state index contributed by atoms with van der Waals surface area (Å²) >= 11 is 0. The molecule has 0 saturated carbocycles. The fourth-order valence-electron chi connectivity index (χ4n) is 6.36. The molecule has 1 N–H and O–H groups in total. The molecule has 1 aromatic carbocycles. The quantitative estimate of drug-likeness (QED) is 0.300. The van der Waals surface area contributed by atoms with E-state index in [4.69, 9.17) is 19.8 Å². The minimum Gasteiger partial charge on any atom is -0.377 e. The molecule has 1 unspecified atom stereocenters. The number of fused-ring (bicyclic) bond motifs is 1. The molecule has 5 aromatic rings. The van der Waals surface area contributed by atoms with E-state index in [9.17, 15) is 8.42 Å². The minimum absolute atomic E-state index is 0.132. The Labute approximate surface area is 257 Å². The Morgan fingerprint density at radius 1 is 1.05 bits per heavy atom. The van der Waals surface area contributed by atoms with E-state index < -0.39 is 10.0 Å². The summed E-state index contributed by atoms with van der Waals surface area (Å²) in [4.78, 5) is 17.1. The zero-order valence-corrected chi connectivity index (χ0v) is 26.2. The molecule has 7 rings (SSSR count). The number of anilines is 1. The first-order chi connectivity index (χ1) is 21.2. The first-order valence-corrected chi connectivity index (χ1v) is 16.5. The Balaban J connectivity index is 1.39. The zero-order chi connectivity index (χ0) is 30.6. The molecule has 0 amide bonds. The maximum absolute atomic E-state index is 13.6. The van der Waals surface area contributed by atoms with E-state index in [0.717, 1.165) is 53.5 Å². The average Bonchev–Trinajstić information content (AvgIpc) is 3.77. The molecule has 0 bridgehead atoms. The van der Waals surface area contributed by atoms with Crippen molar-refractivity contribution >= 4 is 26.9 Å². The van der Waals surface area contributed by atoms with E-state index in [2.05, 4.69) is 33.7 Å². The van der Waals surface area contributed by atoms with Gasteiger partial charge in [0, 0.05) is 53.8 Å². The van der Waals surface area contributed by atoms with E-state index >= 15 is 0 Å². The van der Waals surface area contributed by atoms with Crippen LogP contribution in [-0.4, -0.2) is 76.0 Å². The van der Waals surface area contributed by atoms with Crippen LogP contribution in [0.2, 0.25) is 0 Å². The van der Waals surface area contributed by atoms with Gasteiger partial charge in [0.25, 0.3) is 10.0 Å². The second-order valence-electron chi connectivity index (χ2n) is 11.7. The van der Waals surface area contributed by atoms with Crippen LogP contribution in [0.5, 0.6) is 0 Å². The van der Waals surface area contributed by atoms with Crippen LogP contribution in [0.25, 0.3) is 33.7 Å². The number of rotatable bonds is 6. The molecule has 2 saturated heterocycles. The van der Waals surface area contributed by atoms with Crippen LogP contribution < -0.4 is 10.2 Å². The van der Waals surface area contributed by atoms with Crippen molar-refractivity contribution in [3.05, 3.63) is 71.8 Å². The molecule has 2 aliphatic rings. The summed E-state index contributed by atoms with van der Waals surface area (Å²) in [5, 5.41) is 9.04. The van der Waals surface area contributed by atoms with Crippen molar-refractivity contribution in [2.45, 2.75) is 51.1 Å². The van der Waals surface area contributed by atoms with E-state index in [1.807, 2.05) is 26.0 Å². The number of nitrogens with one attached hydrogen (secondary N) is 1. The highest BCUT2D eigenvalue weighted by molar-refractivity contribution is 7.90. The highest BCUT2D eigenvalue weighted by Crippen LogP contribution is 2.35. The molecule has 44 heavy (non-hydrogen) atoms. The van der Waals surface area contributed by atoms with E-state index in [1.54, 1.807) is 42.7 Å². The molecule has 6 heterocycles. The van der Waals surface area contributed by atoms with Gasteiger partial charge in [-0.3, -0.25) is 4.68 Å². The third-order valence-electron chi connectivity index (χ3n) is 8.71. The fraction of sp³-hybridized carbons (Fsp3) is 0.375. The van der Waals surface area contributed by atoms with Crippen molar-refractivity contribution in [2.75, 3.05) is 37.7 Å². The van der Waals surface area contributed by atoms with Crippen molar-refractivity contribution in [3.63, 3.8) is 0 Å². The van der Waals surface area contributed by atoms with Gasteiger partial charge in [-0.2, -0.15) is 5.10 Å². The number of nitrogens with zero attached hydrogens (tertiary/aromatic N) is 7. The monoisotopic (exact) mass is 612 g/mol. The van der Waals surface area contributed by atoms with Crippen LogP contribution in [0.15, 0.2) is 59.8 Å². The molecule has 12 heteroatoms. The summed E-state index contributed by atoms with van der Waals surface area (Å²) in [5.41, 5.74) is 5.78. The Morgan fingerprint density at radius 2 is 1.86 bits per heavy atom. The Morgan fingerprint density at radius 3 is 2.61 bits per heavy atom. The molecular formula is C32H36N8O3S. The van der Waals surface area contributed by atoms with Crippen LogP contribution in [0.3, 0.4) is 0 Å². The Kier molecular flexibility index (Phi) is 7.22. The minimum atomic E-state index is -3.86. The van der Waals surface area contributed by atoms with Crippen LogP contribution in [0.4, 0.5) is 5.82 Å². The van der Waals surface area contributed by atoms with Gasteiger partial charge in [0.15, 0.2) is 11.5 Å². The molecule has 0 radical (unpaired) electrons. The number of hydrogen-bond acceptors (Lipinski definition) is 9. The molecule has 228 valence electrons. The fourth-order valence-corrected chi connectivity index (χ4v) is 7.66. The largest absolute Gasteiger partial charge is 0.377 e. The number of benzene rings is 1. The van der Waals surface area contributed by atoms with Crippen molar-refractivity contribution in [1.82, 2.24) is 34.0 Å². The summed E-state index contributed by atoms with van der Waals surface area (Å²) in [5.74, 6) is 1.30. The maximum atomic E-state index is 13.6. The zero-order valence-electron chi connectivity index (χ0n) is 25.4. The lowest BCUT2D eigenvalue weighted by Crippen LogP contribution is -2.44. The normalized spacial score (nSPS) is 19.2. The van der Waals surface area contributed by atoms with E-state index in [1.165, 1.54) is 3.97 Å². The second kappa shape index (κ2) is 11.1. The highest BCUT2D eigenvalue weighted by Gasteiger charge is 2.27. The van der Waals surface area contributed by atoms with Gasteiger partial charge in [-0.15, -0.1) is 0 Å². The van der Waals surface area contributed by atoms with Crippen molar-refractivity contribution in [2.24, 2.45) is 0 Å². The Hall–Kier alpha value is -4.13. The van der Waals surface area contributed by atoms with Gasteiger partial charge in [0.2, 0.25) is 0 Å². The molecule has 11 nitrogen and oxygen atoms in total. The number of pyridine rings is 1. The first-order valence-electron chi connectivity index (χ1n) is 15.0. The van der Waals surface area contributed by atoms with Gasteiger partial charge in [0.1, 0.15) is 5.82 Å². The third-order valence-corrected chi connectivity index (χ3v) is 10.4. The van der Waals surface area contributed by atoms with Crippen LogP contribution in [0.1, 0.15) is 36.3 Å². The summed E-state index contributed by atoms with van der Waals surface area (Å²) in [6.07, 6.45) is 4.21. The van der Waals surface area contributed by atoms with Gasteiger partial charge in [-0.25, -0.2) is 27.3 Å². The van der Waals surface area contributed by atoms with Crippen LogP contribution in [-0.2, 0) is 14.8 Å². The predicted molar refractivity (Wildman–Crippen MR) is 169 cm³/mol. The maximum Gasteiger partial charge on any atom is 0.269 e. The van der Waals surface area contributed by atoms with Gasteiger partial charge in [-0.05, 0) is 64.9 Å². The smallest absolute Gasteiger partial charge is 0.269 e. The summed E-state index contributed by atoms with van der Waals surface area (Å²) in [7, 11) is -3.86. The number of aromatic nitrogens is 6. The lowest BCUT2D eigenvalue weighted by atomic mass is 10.1. The topological polar surface area (TPSA) is 120 Å². The summed E-state index contributed by atoms with van der Waals surface area (Å²) < 4.78 is 36.4. The van der Waals surface area contributed by atoms with Crippen molar-refractivity contribution in [3.8, 4) is 22.6 Å². The highest BCUT2D eigenvalue weighted by atomic mass is 32.2. The van der Waals surface area contributed by atoms with Gasteiger partial charge in [-0.1, -0.05) is 17.7 Å². The summed E-state index contributed by atoms with van der Waals surface area (Å²) in [6, 6.07) is 12.9. The van der Waals surface area contributed by atoms with Gasteiger partial charge >= 0.3 is 0 Å². The lowest BCUT2D eigenvalue weighted by Gasteiger charge is -2.34. The lowest BCUT2D eigenvalue weighted by molar-refractivity contribution is 0.0985. The first kappa shape index (κ1) is 28.6. The van der Waals surface area contributed by atoms with Gasteiger partial charge in [0.05, 0.1) is 41.6 Å². The number of aryl methyl sites for hydroxylation is 2. The second-order valence-corrected chi connectivity index (χ2v) is 13.5. The number of hydrogen-bond donors (Lipinski definition) is 1. The Bertz CT molecular complexity index is 1960. The van der Waals surface area contributed by atoms with E-state index in [-0.39, 0.29) is 10.9 Å². The van der Waals surface area contributed by atoms with E-state index in [0.29, 0.717) is 48.2 Å². The molecule has 4 aromatic heterocycles. The molecule has 2 aliphatic heterocycles.